The minimum Gasteiger partial charge on any atom is -0.462 e. The van der Waals surface area contributed by atoms with Gasteiger partial charge in [0.25, 0.3) is 5.91 Å². The fourth-order valence-electron chi connectivity index (χ4n) is 2.47. The molecule has 1 unspecified atom stereocenters. The molecule has 1 aliphatic heterocycles. The standard InChI is InChI=1S/C14H13F3N2O2S/c15-14(16,17)9-3-1-5-19(8-9)13(20)11-7-18-12(22-11)10-4-2-6-21-10/h2,4,6-7,9H,1,3,5,8H2. The minimum atomic E-state index is -4.26. The van der Waals surface area contributed by atoms with E-state index in [4.69, 9.17) is 4.42 Å². The summed E-state index contributed by atoms with van der Waals surface area (Å²) < 4.78 is 43.6. The van der Waals surface area contributed by atoms with Gasteiger partial charge in [-0.2, -0.15) is 13.2 Å². The van der Waals surface area contributed by atoms with Crippen LogP contribution in [-0.4, -0.2) is 35.1 Å². The molecule has 1 saturated heterocycles. The second kappa shape index (κ2) is 5.75. The third-order valence-electron chi connectivity index (χ3n) is 3.62. The van der Waals surface area contributed by atoms with E-state index in [0.717, 1.165) is 11.3 Å². The molecular weight excluding hydrogens is 317 g/mol. The first-order chi connectivity index (χ1) is 10.4. The number of rotatable bonds is 2. The summed E-state index contributed by atoms with van der Waals surface area (Å²) in [4.78, 5) is 18.0. The van der Waals surface area contributed by atoms with Crippen LogP contribution in [0.3, 0.4) is 0 Å². The Bertz CT molecular complexity index is 651. The van der Waals surface area contributed by atoms with E-state index >= 15 is 0 Å². The number of furan rings is 1. The molecular formula is C14H13F3N2O2S. The molecule has 3 rings (SSSR count). The first kappa shape index (κ1) is 15.1. The van der Waals surface area contributed by atoms with E-state index in [1.165, 1.54) is 17.4 Å². The topological polar surface area (TPSA) is 46.3 Å². The van der Waals surface area contributed by atoms with Gasteiger partial charge in [-0.3, -0.25) is 4.79 Å². The van der Waals surface area contributed by atoms with E-state index in [1.54, 1.807) is 12.1 Å². The van der Waals surface area contributed by atoms with Crippen molar-refractivity contribution in [1.82, 2.24) is 9.88 Å². The minimum absolute atomic E-state index is 0.0770. The number of halogens is 3. The maximum atomic E-state index is 12.8. The maximum Gasteiger partial charge on any atom is 0.393 e. The molecule has 0 spiro atoms. The van der Waals surface area contributed by atoms with Crippen molar-refractivity contribution in [2.45, 2.75) is 19.0 Å². The number of nitrogens with zero attached hydrogens (tertiary/aromatic N) is 2. The molecule has 0 aromatic carbocycles. The highest BCUT2D eigenvalue weighted by Gasteiger charge is 2.42. The lowest BCUT2D eigenvalue weighted by atomic mass is 9.97. The van der Waals surface area contributed by atoms with Gasteiger partial charge in [-0.25, -0.2) is 4.98 Å². The smallest absolute Gasteiger partial charge is 0.393 e. The molecule has 0 radical (unpaired) electrons. The van der Waals surface area contributed by atoms with Crippen LogP contribution in [0.15, 0.2) is 29.0 Å². The molecule has 2 aromatic rings. The van der Waals surface area contributed by atoms with Gasteiger partial charge in [0.2, 0.25) is 0 Å². The predicted molar refractivity (Wildman–Crippen MR) is 74.5 cm³/mol. The molecule has 2 aromatic heterocycles. The summed E-state index contributed by atoms with van der Waals surface area (Å²) in [7, 11) is 0. The van der Waals surface area contributed by atoms with E-state index in [2.05, 4.69) is 4.98 Å². The lowest BCUT2D eigenvalue weighted by Gasteiger charge is -2.33. The van der Waals surface area contributed by atoms with Crippen LogP contribution in [-0.2, 0) is 0 Å². The predicted octanol–water partition coefficient (Wildman–Crippen LogP) is 3.82. The third-order valence-corrected chi connectivity index (χ3v) is 4.62. The molecule has 4 nitrogen and oxygen atoms in total. The highest BCUT2D eigenvalue weighted by molar-refractivity contribution is 7.16. The first-order valence-electron chi connectivity index (χ1n) is 6.81. The number of hydrogen-bond acceptors (Lipinski definition) is 4. The largest absolute Gasteiger partial charge is 0.462 e. The van der Waals surface area contributed by atoms with Crippen molar-refractivity contribution in [1.29, 1.82) is 0 Å². The number of aromatic nitrogens is 1. The highest BCUT2D eigenvalue weighted by atomic mass is 32.1. The second-order valence-electron chi connectivity index (χ2n) is 5.14. The zero-order valence-electron chi connectivity index (χ0n) is 11.5. The molecule has 0 N–H and O–H groups in total. The molecule has 3 heterocycles. The number of hydrogen-bond donors (Lipinski definition) is 0. The van der Waals surface area contributed by atoms with Gasteiger partial charge in [0.1, 0.15) is 4.88 Å². The first-order valence-corrected chi connectivity index (χ1v) is 7.62. The average Bonchev–Trinajstić information content (AvgIpc) is 3.16. The summed E-state index contributed by atoms with van der Waals surface area (Å²) >= 11 is 1.12. The maximum absolute atomic E-state index is 12.8. The summed E-state index contributed by atoms with van der Waals surface area (Å²) in [5, 5.41) is 0.540. The van der Waals surface area contributed by atoms with Gasteiger partial charge in [-0.15, -0.1) is 11.3 Å². The van der Waals surface area contributed by atoms with Crippen molar-refractivity contribution in [2.24, 2.45) is 5.92 Å². The lowest BCUT2D eigenvalue weighted by Crippen LogP contribution is -2.44. The van der Waals surface area contributed by atoms with Crippen molar-refractivity contribution in [3.63, 3.8) is 0 Å². The van der Waals surface area contributed by atoms with Crippen molar-refractivity contribution in [2.75, 3.05) is 13.1 Å². The third kappa shape index (κ3) is 3.01. The Balaban J connectivity index is 1.74. The molecule has 0 saturated carbocycles. The Hall–Kier alpha value is -1.83. The highest BCUT2D eigenvalue weighted by Crippen LogP contribution is 2.34. The van der Waals surface area contributed by atoms with Gasteiger partial charge in [0, 0.05) is 13.1 Å². The van der Waals surface area contributed by atoms with Crippen LogP contribution in [0.1, 0.15) is 22.5 Å². The number of piperidine rings is 1. The molecule has 1 fully saturated rings. The van der Waals surface area contributed by atoms with Crippen LogP contribution < -0.4 is 0 Å². The number of amides is 1. The van der Waals surface area contributed by atoms with Crippen LogP contribution >= 0.6 is 11.3 Å². The number of alkyl halides is 3. The Labute approximate surface area is 128 Å². The van der Waals surface area contributed by atoms with Gasteiger partial charge in [-0.1, -0.05) is 0 Å². The van der Waals surface area contributed by atoms with E-state index < -0.39 is 18.0 Å². The monoisotopic (exact) mass is 330 g/mol. The average molecular weight is 330 g/mol. The zero-order chi connectivity index (χ0) is 15.7. The van der Waals surface area contributed by atoms with Crippen LogP contribution in [0, 0.1) is 5.92 Å². The summed E-state index contributed by atoms with van der Waals surface area (Å²) in [6.45, 7) is 0.0652. The van der Waals surface area contributed by atoms with Crippen molar-refractivity contribution >= 4 is 17.2 Å². The van der Waals surface area contributed by atoms with Gasteiger partial charge in [0.15, 0.2) is 10.8 Å². The number of likely N-dealkylation sites (tertiary alicyclic amines) is 1. The Morgan fingerprint density at radius 2 is 2.27 bits per heavy atom. The second-order valence-corrected chi connectivity index (χ2v) is 6.17. The van der Waals surface area contributed by atoms with E-state index in [0.29, 0.717) is 28.6 Å². The SMILES string of the molecule is O=C(c1cnc(-c2ccco2)s1)N1CCCC(C(F)(F)F)C1. The fourth-order valence-corrected chi connectivity index (χ4v) is 3.32. The molecule has 22 heavy (non-hydrogen) atoms. The Morgan fingerprint density at radius 1 is 1.45 bits per heavy atom. The Kier molecular flexibility index (Phi) is 3.94. The summed E-state index contributed by atoms with van der Waals surface area (Å²) in [6, 6.07) is 3.42. The molecule has 8 heteroatoms. The molecule has 1 amide bonds. The number of thiazole rings is 1. The van der Waals surface area contributed by atoms with Gasteiger partial charge >= 0.3 is 6.18 Å². The summed E-state index contributed by atoms with van der Waals surface area (Å²) in [5.74, 6) is -1.30. The van der Waals surface area contributed by atoms with E-state index in [9.17, 15) is 18.0 Å². The Morgan fingerprint density at radius 3 is 2.95 bits per heavy atom. The quantitative estimate of drug-likeness (QED) is 0.841. The van der Waals surface area contributed by atoms with Gasteiger partial charge in [-0.05, 0) is 25.0 Å². The van der Waals surface area contributed by atoms with Crippen LogP contribution in [0.5, 0.6) is 0 Å². The normalized spacial score (nSPS) is 19.4. The van der Waals surface area contributed by atoms with Crippen molar-refractivity contribution < 1.29 is 22.4 Å². The van der Waals surface area contributed by atoms with E-state index in [1.807, 2.05) is 0 Å². The molecule has 0 aliphatic carbocycles. The molecule has 1 aliphatic rings. The summed E-state index contributed by atoms with van der Waals surface area (Å²) in [6.07, 6.45) is -0.932. The number of carbonyl (C=O) groups is 1. The summed E-state index contributed by atoms with van der Waals surface area (Å²) in [5.41, 5.74) is 0. The van der Waals surface area contributed by atoms with Crippen LogP contribution in [0.25, 0.3) is 10.8 Å². The fraction of sp³-hybridized carbons (Fsp3) is 0.429. The zero-order valence-corrected chi connectivity index (χ0v) is 12.3. The molecule has 0 bridgehead atoms. The van der Waals surface area contributed by atoms with Gasteiger partial charge in [0.05, 0.1) is 18.4 Å². The van der Waals surface area contributed by atoms with Crippen LogP contribution in [0.2, 0.25) is 0 Å². The molecule has 1 atom stereocenters. The van der Waals surface area contributed by atoms with E-state index in [-0.39, 0.29) is 13.0 Å². The van der Waals surface area contributed by atoms with Gasteiger partial charge < -0.3 is 9.32 Å². The van der Waals surface area contributed by atoms with Crippen molar-refractivity contribution in [3.8, 4) is 10.8 Å². The van der Waals surface area contributed by atoms with Crippen molar-refractivity contribution in [3.05, 3.63) is 29.5 Å². The molecule has 118 valence electrons. The van der Waals surface area contributed by atoms with Crippen LogP contribution in [0.4, 0.5) is 13.2 Å². The number of carbonyl (C=O) groups excluding carboxylic acids is 1. The lowest BCUT2D eigenvalue weighted by molar-refractivity contribution is -0.184.